The summed E-state index contributed by atoms with van der Waals surface area (Å²) < 4.78 is 10.4. The zero-order chi connectivity index (χ0) is 21.3. The van der Waals surface area contributed by atoms with E-state index in [1.54, 1.807) is 24.3 Å². The first-order valence-electron chi connectivity index (χ1n) is 9.15. The summed E-state index contributed by atoms with van der Waals surface area (Å²) in [6.45, 7) is 0.213. The van der Waals surface area contributed by atoms with Crippen molar-refractivity contribution in [3.8, 4) is 0 Å². The second kappa shape index (κ2) is 10.1. The van der Waals surface area contributed by atoms with Gasteiger partial charge in [0.1, 0.15) is 13.2 Å². The van der Waals surface area contributed by atoms with Gasteiger partial charge in [0.25, 0.3) is 0 Å². The second-order valence-electron chi connectivity index (χ2n) is 6.34. The van der Waals surface area contributed by atoms with Gasteiger partial charge in [-0.2, -0.15) is 0 Å². The van der Waals surface area contributed by atoms with Gasteiger partial charge in [0.2, 0.25) is 0 Å². The molecule has 0 aliphatic rings. The van der Waals surface area contributed by atoms with Gasteiger partial charge in [-0.1, -0.05) is 60.7 Å². The number of nitrogens with two attached hydrogens (primary N) is 2. The first-order valence-corrected chi connectivity index (χ1v) is 9.15. The lowest BCUT2D eigenvalue weighted by molar-refractivity contribution is 0.146. The van der Waals surface area contributed by atoms with E-state index < -0.39 is 12.2 Å². The average molecular weight is 406 g/mol. The van der Waals surface area contributed by atoms with Crippen LogP contribution in [0.25, 0.3) is 0 Å². The lowest BCUT2D eigenvalue weighted by Crippen LogP contribution is -2.39. The van der Waals surface area contributed by atoms with Crippen molar-refractivity contribution in [1.29, 1.82) is 0 Å². The van der Waals surface area contributed by atoms with Gasteiger partial charge in [0.05, 0.1) is 11.4 Å². The third-order valence-corrected chi connectivity index (χ3v) is 4.21. The molecular formula is C22H22N4O4. The third-order valence-electron chi connectivity index (χ3n) is 4.21. The molecule has 0 unspecified atom stereocenters. The number of anilines is 2. The fourth-order valence-corrected chi connectivity index (χ4v) is 2.56. The van der Waals surface area contributed by atoms with Gasteiger partial charge in [0.15, 0.2) is 0 Å². The summed E-state index contributed by atoms with van der Waals surface area (Å²) >= 11 is 0. The van der Waals surface area contributed by atoms with E-state index in [0.717, 1.165) is 21.1 Å². The van der Waals surface area contributed by atoms with Crippen molar-refractivity contribution in [2.75, 3.05) is 10.0 Å². The molecule has 0 aliphatic heterocycles. The summed E-state index contributed by atoms with van der Waals surface area (Å²) in [4.78, 5) is 24.3. The molecule has 3 aromatic carbocycles. The average Bonchev–Trinajstić information content (AvgIpc) is 2.81. The maximum atomic E-state index is 12.1. The minimum Gasteiger partial charge on any atom is -0.443 e. The van der Waals surface area contributed by atoms with Crippen molar-refractivity contribution in [3.05, 3.63) is 96.1 Å². The normalized spacial score (nSPS) is 10.2. The molecule has 8 heteroatoms. The predicted molar refractivity (Wildman–Crippen MR) is 113 cm³/mol. The van der Waals surface area contributed by atoms with Gasteiger partial charge in [-0.3, -0.25) is 0 Å². The Kier molecular flexibility index (Phi) is 6.99. The molecule has 154 valence electrons. The van der Waals surface area contributed by atoms with Crippen LogP contribution >= 0.6 is 0 Å². The minimum atomic E-state index is -0.710. The Morgan fingerprint density at radius 3 is 1.27 bits per heavy atom. The molecule has 3 rings (SSSR count). The van der Waals surface area contributed by atoms with E-state index in [1.165, 1.54) is 0 Å². The number of hydrazine groups is 2. The number of amides is 2. The topological polar surface area (TPSA) is 111 Å². The molecule has 2 amide bonds. The lowest BCUT2D eigenvalue weighted by Gasteiger charge is -2.19. The lowest BCUT2D eigenvalue weighted by atomic mass is 10.2. The van der Waals surface area contributed by atoms with E-state index >= 15 is 0 Å². The quantitative estimate of drug-likeness (QED) is 0.367. The summed E-state index contributed by atoms with van der Waals surface area (Å²) in [6, 6.07) is 24.7. The summed E-state index contributed by atoms with van der Waals surface area (Å²) in [5.74, 6) is 11.6. The van der Waals surface area contributed by atoms with E-state index in [-0.39, 0.29) is 13.2 Å². The van der Waals surface area contributed by atoms with Gasteiger partial charge in [-0.05, 0) is 35.4 Å². The van der Waals surface area contributed by atoms with Crippen LogP contribution in [0.3, 0.4) is 0 Å². The number of carbonyl (C=O) groups excluding carboxylic acids is 2. The molecule has 0 atom stereocenters. The van der Waals surface area contributed by atoms with Crippen molar-refractivity contribution in [2.45, 2.75) is 13.2 Å². The molecule has 0 aromatic heterocycles. The van der Waals surface area contributed by atoms with Crippen LogP contribution in [0.4, 0.5) is 21.0 Å². The molecule has 3 aromatic rings. The van der Waals surface area contributed by atoms with Crippen molar-refractivity contribution in [1.82, 2.24) is 0 Å². The Balaban J connectivity index is 1.53. The minimum absolute atomic E-state index is 0.106. The molecular weight excluding hydrogens is 384 g/mol. The van der Waals surface area contributed by atoms with Crippen LogP contribution in [0.15, 0.2) is 84.9 Å². The SMILES string of the molecule is NN(C(=O)OCc1ccccc1)c1ccc(N(N)C(=O)OCc2ccccc2)cc1. The number of hydrogen-bond acceptors (Lipinski definition) is 6. The maximum absolute atomic E-state index is 12.1. The van der Waals surface area contributed by atoms with Crippen molar-refractivity contribution < 1.29 is 19.1 Å². The van der Waals surface area contributed by atoms with E-state index in [1.807, 2.05) is 60.7 Å². The van der Waals surface area contributed by atoms with E-state index in [4.69, 9.17) is 21.2 Å². The summed E-state index contributed by atoms with van der Waals surface area (Å²) in [7, 11) is 0. The van der Waals surface area contributed by atoms with E-state index in [2.05, 4.69) is 0 Å². The second-order valence-corrected chi connectivity index (χ2v) is 6.34. The largest absolute Gasteiger partial charge is 0.443 e. The highest BCUT2D eigenvalue weighted by Crippen LogP contribution is 2.19. The Hall–Kier alpha value is -3.88. The molecule has 0 radical (unpaired) electrons. The number of rotatable bonds is 6. The van der Waals surface area contributed by atoms with Crippen LogP contribution in [0.2, 0.25) is 0 Å². The molecule has 4 N–H and O–H groups in total. The van der Waals surface area contributed by atoms with Crippen molar-refractivity contribution in [3.63, 3.8) is 0 Å². The van der Waals surface area contributed by atoms with Gasteiger partial charge < -0.3 is 9.47 Å². The Bertz CT molecular complexity index is 885. The zero-order valence-corrected chi connectivity index (χ0v) is 16.2. The van der Waals surface area contributed by atoms with Gasteiger partial charge >= 0.3 is 12.2 Å². The fraction of sp³-hybridized carbons (Fsp3) is 0.0909. The van der Waals surface area contributed by atoms with Crippen LogP contribution in [0, 0.1) is 0 Å². The molecule has 30 heavy (non-hydrogen) atoms. The highest BCUT2D eigenvalue weighted by atomic mass is 16.6. The standard InChI is InChI=1S/C22H22N4O4/c23-25(21(27)29-15-17-7-3-1-4-8-17)19-11-13-20(14-12-19)26(24)22(28)30-16-18-9-5-2-6-10-18/h1-14H,15-16,23-24H2. The fourth-order valence-electron chi connectivity index (χ4n) is 2.56. The van der Waals surface area contributed by atoms with Gasteiger partial charge in [0, 0.05) is 0 Å². The number of nitrogens with zero attached hydrogens (tertiary/aromatic N) is 2. The molecule has 0 spiro atoms. The van der Waals surface area contributed by atoms with Crippen molar-refractivity contribution >= 4 is 23.6 Å². The molecule has 0 fully saturated rings. The predicted octanol–water partition coefficient (Wildman–Crippen LogP) is 3.72. The first kappa shape index (κ1) is 20.8. The Labute approximate surface area is 174 Å². The Morgan fingerprint density at radius 1 is 0.600 bits per heavy atom. The first-order chi connectivity index (χ1) is 14.5. The number of carbonyl (C=O) groups is 2. The summed E-state index contributed by atoms with van der Waals surface area (Å²) in [6.07, 6.45) is -1.42. The summed E-state index contributed by atoms with van der Waals surface area (Å²) in [5, 5.41) is 1.75. The number of hydrogen-bond donors (Lipinski definition) is 2. The molecule has 0 bridgehead atoms. The summed E-state index contributed by atoms with van der Waals surface area (Å²) in [5.41, 5.74) is 2.45. The maximum Gasteiger partial charge on any atom is 0.429 e. The van der Waals surface area contributed by atoms with Crippen LogP contribution in [-0.2, 0) is 22.7 Å². The van der Waals surface area contributed by atoms with E-state index in [9.17, 15) is 9.59 Å². The highest BCUT2D eigenvalue weighted by molar-refractivity contribution is 5.89. The molecule has 0 saturated carbocycles. The number of ether oxygens (including phenoxy) is 2. The third kappa shape index (κ3) is 5.57. The number of benzene rings is 3. The van der Waals surface area contributed by atoms with Crippen LogP contribution in [-0.4, -0.2) is 12.2 Å². The van der Waals surface area contributed by atoms with Crippen LogP contribution in [0.5, 0.6) is 0 Å². The molecule has 0 heterocycles. The highest BCUT2D eigenvalue weighted by Gasteiger charge is 2.16. The van der Waals surface area contributed by atoms with Gasteiger partial charge in [-0.25, -0.2) is 31.3 Å². The van der Waals surface area contributed by atoms with Crippen molar-refractivity contribution in [2.24, 2.45) is 11.7 Å². The smallest absolute Gasteiger partial charge is 0.429 e. The molecule has 0 saturated heterocycles. The van der Waals surface area contributed by atoms with E-state index in [0.29, 0.717) is 11.4 Å². The molecule has 0 aliphatic carbocycles. The Morgan fingerprint density at radius 2 is 0.933 bits per heavy atom. The molecule has 8 nitrogen and oxygen atoms in total. The zero-order valence-electron chi connectivity index (χ0n) is 16.2. The van der Waals surface area contributed by atoms with Crippen LogP contribution in [0.1, 0.15) is 11.1 Å². The monoisotopic (exact) mass is 406 g/mol. The van der Waals surface area contributed by atoms with Gasteiger partial charge in [-0.15, -0.1) is 0 Å². The van der Waals surface area contributed by atoms with Crippen LogP contribution < -0.4 is 21.7 Å².